The normalized spacial score (nSPS) is 15.8. The second-order valence-corrected chi connectivity index (χ2v) is 8.04. The van der Waals surface area contributed by atoms with E-state index in [0.717, 1.165) is 41.5 Å². The first-order valence-electron chi connectivity index (χ1n) is 10.6. The second kappa shape index (κ2) is 9.06. The van der Waals surface area contributed by atoms with Crippen LogP contribution in [0.3, 0.4) is 0 Å². The molecule has 31 heavy (non-hydrogen) atoms. The van der Waals surface area contributed by atoms with Crippen molar-refractivity contribution in [1.29, 1.82) is 0 Å². The van der Waals surface area contributed by atoms with E-state index in [1.807, 2.05) is 13.0 Å². The van der Waals surface area contributed by atoms with Gasteiger partial charge in [-0.15, -0.1) is 0 Å². The van der Waals surface area contributed by atoms with Crippen molar-refractivity contribution in [2.24, 2.45) is 0 Å². The van der Waals surface area contributed by atoms with Gasteiger partial charge in [-0.3, -0.25) is 9.59 Å². The lowest BCUT2D eigenvalue weighted by molar-refractivity contribution is 0.0695. The van der Waals surface area contributed by atoms with Crippen molar-refractivity contribution in [1.82, 2.24) is 10.6 Å². The molecule has 164 valence electrons. The van der Waals surface area contributed by atoms with E-state index >= 15 is 0 Å². The summed E-state index contributed by atoms with van der Waals surface area (Å²) in [6.07, 6.45) is 2.80. The zero-order chi connectivity index (χ0) is 22.0. The minimum absolute atomic E-state index is 0.0156. The van der Waals surface area contributed by atoms with Gasteiger partial charge >= 0.3 is 0 Å². The second-order valence-electron chi connectivity index (χ2n) is 8.04. The van der Waals surface area contributed by atoms with E-state index in [1.165, 1.54) is 19.2 Å². The third kappa shape index (κ3) is 4.42. The van der Waals surface area contributed by atoms with Crippen LogP contribution in [-0.4, -0.2) is 44.7 Å². The Morgan fingerprint density at radius 1 is 1.10 bits per heavy atom. The topological polar surface area (TPSA) is 76.7 Å². The highest BCUT2D eigenvalue weighted by molar-refractivity contribution is 5.98. The molecule has 7 heteroatoms. The Kier molecular flexibility index (Phi) is 6.23. The SMILES string of the molecule is CNC(=O)c1ccc(Cc2cc(C(=O)NC3CCOCC3)c3c(c2C)CCO3)cc1F. The molecule has 2 aromatic carbocycles. The molecule has 2 aliphatic heterocycles. The summed E-state index contributed by atoms with van der Waals surface area (Å²) in [5.41, 5.74) is 4.34. The molecule has 0 aromatic heterocycles. The highest BCUT2D eigenvalue weighted by Crippen LogP contribution is 2.35. The fourth-order valence-electron chi connectivity index (χ4n) is 4.26. The predicted octanol–water partition coefficient (Wildman–Crippen LogP) is 2.93. The largest absolute Gasteiger partial charge is 0.492 e. The van der Waals surface area contributed by atoms with Gasteiger partial charge in [0.1, 0.15) is 11.6 Å². The summed E-state index contributed by atoms with van der Waals surface area (Å²) < 4.78 is 25.6. The van der Waals surface area contributed by atoms with Crippen molar-refractivity contribution < 1.29 is 23.5 Å². The molecule has 0 aliphatic carbocycles. The number of rotatable bonds is 5. The Morgan fingerprint density at radius 2 is 1.87 bits per heavy atom. The van der Waals surface area contributed by atoms with Crippen molar-refractivity contribution in [3.8, 4) is 5.75 Å². The fraction of sp³-hybridized carbons (Fsp3) is 0.417. The molecule has 0 radical (unpaired) electrons. The summed E-state index contributed by atoms with van der Waals surface area (Å²) in [7, 11) is 1.47. The van der Waals surface area contributed by atoms with Gasteiger partial charge in [-0.25, -0.2) is 4.39 Å². The Labute approximate surface area is 181 Å². The molecule has 4 rings (SSSR count). The van der Waals surface area contributed by atoms with Crippen LogP contribution in [0.2, 0.25) is 0 Å². The van der Waals surface area contributed by atoms with Gasteiger partial charge in [-0.05, 0) is 61.1 Å². The number of fused-ring (bicyclic) bond motifs is 1. The van der Waals surface area contributed by atoms with Crippen molar-refractivity contribution in [2.45, 2.75) is 38.6 Å². The summed E-state index contributed by atoms with van der Waals surface area (Å²) in [6, 6.07) is 6.58. The average molecular weight is 426 g/mol. The fourth-order valence-corrected chi connectivity index (χ4v) is 4.26. The zero-order valence-electron chi connectivity index (χ0n) is 17.8. The molecular weight excluding hydrogens is 399 g/mol. The summed E-state index contributed by atoms with van der Waals surface area (Å²) in [6.45, 7) is 3.86. The van der Waals surface area contributed by atoms with Crippen LogP contribution in [0.15, 0.2) is 24.3 Å². The van der Waals surface area contributed by atoms with E-state index in [-0.39, 0.29) is 17.5 Å². The maximum absolute atomic E-state index is 14.4. The van der Waals surface area contributed by atoms with Crippen molar-refractivity contribution in [3.63, 3.8) is 0 Å². The minimum atomic E-state index is -0.559. The van der Waals surface area contributed by atoms with Gasteiger partial charge in [-0.1, -0.05) is 6.07 Å². The maximum atomic E-state index is 14.4. The van der Waals surface area contributed by atoms with E-state index in [2.05, 4.69) is 10.6 Å². The van der Waals surface area contributed by atoms with Crippen LogP contribution in [0.4, 0.5) is 4.39 Å². The molecule has 2 aromatic rings. The number of amides is 2. The van der Waals surface area contributed by atoms with Crippen molar-refractivity contribution in [3.05, 3.63) is 63.5 Å². The standard InChI is InChI=1S/C24H27FN2O4/c1-14-16(11-15-3-4-19(21(25)12-15)23(28)26-2)13-20(22-18(14)7-10-31-22)24(29)27-17-5-8-30-9-6-17/h3-4,12-13,17H,5-11H2,1-2H3,(H,26,28)(H,27,29). The van der Waals surface area contributed by atoms with Crippen LogP contribution < -0.4 is 15.4 Å². The average Bonchev–Trinajstić information content (AvgIpc) is 3.26. The third-order valence-corrected chi connectivity index (χ3v) is 6.07. The Balaban J connectivity index is 1.62. The number of benzene rings is 2. The summed E-state index contributed by atoms with van der Waals surface area (Å²) >= 11 is 0. The van der Waals surface area contributed by atoms with Gasteiger partial charge < -0.3 is 20.1 Å². The number of hydrogen-bond acceptors (Lipinski definition) is 4. The van der Waals surface area contributed by atoms with Crippen LogP contribution in [0, 0.1) is 12.7 Å². The monoisotopic (exact) mass is 426 g/mol. The first-order chi connectivity index (χ1) is 15.0. The molecule has 1 saturated heterocycles. The first-order valence-corrected chi connectivity index (χ1v) is 10.6. The summed E-state index contributed by atoms with van der Waals surface area (Å²) in [5, 5.41) is 5.54. The lowest BCUT2D eigenvalue weighted by atomic mass is 9.92. The van der Waals surface area contributed by atoms with E-state index in [1.54, 1.807) is 6.07 Å². The molecule has 0 unspecified atom stereocenters. The van der Waals surface area contributed by atoms with Crippen LogP contribution >= 0.6 is 0 Å². The van der Waals surface area contributed by atoms with Gasteiger partial charge in [0.15, 0.2) is 0 Å². The van der Waals surface area contributed by atoms with Crippen molar-refractivity contribution >= 4 is 11.8 Å². The van der Waals surface area contributed by atoms with E-state index < -0.39 is 11.7 Å². The first kappa shape index (κ1) is 21.3. The molecule has 2 N–H and O–H groups in total. The lowest BCUT2D eigenvalue weighted by Gasteiger charge is -2.24. The van der Waals surface area contributed by atoms with Crippen molar-refractivity contribution in [2.75, 3.05) is 26.9 Å². The van der Waals surface area contributed by atoms with E-state index in [4.69, 9.17) is 9.47 Å². The molecule has 6 nitrogen and oxygen atoms in total. The molecule has 0 atom stereocenters. The minimum Gasteiger partial charge on any atom is -0.492 e. The van der Waals surface area contributed by atoms with Gasteiger partial charge in [0, 0.05) is 38.3 Å². The van der Waals surface area contributed by atoms with Crippen LogP contribution in [0.5, 0.6) is 5.75 Å². The molecule has 0 saturated carbocycles. The molecule has 0 spiro atoms. The predicted molar refractivity (Wildman–Crippen MR) is 114 cm³/mol. The molecular formula is C24H27FN2O4. The smallest absolute Gasteiger partial charge is 0.255 e. The van der Waals surface area contributed by atoms with Crippen LogP contribution in [0.25, 0.3) is 0 Å². The van der Waals surface area contributed by atoms with Gasteiger partial charge in [0.05, 0.1) is 17.7 Å². The highest BCUT2D eigenvalue weighted by Gasteiger charge is 2.27. The van der Waals surface area contributed by atoms with E-state index in [0.29, 0.717) is 37.6 Å². The summed E-state index contributed by atoms with van der Waals surface area (Å²) in [5.74, 6) is -0.502. The Hall–Kier alpha value is -2.93. The number of carbonyl (C=O) groups excluding carboxylic acids is 2. The summed E-state index contributed by atoms with van der Waals surface area (Å²) in [4.78, 5) is 24.8. The number of halogens is 1. The number of hydrogen-bond donors (Lipinski definition) is 2. The van der Waals surface area contributed by atoms with Gasteiger partial charge in [-0.2, -0.15) is 0 Å². The molecule has 2 amide bonds. The molecule has 2 aliphatic rings. The molecule has 2 heterocycles. The molecule has 0 bridgehead atoms. The van der Waals surface area contributed by atoms with Crippen LogP contribution in [-0.2, 0) is 17.6 Å². The van der Waals surface area contributed by atoms with Crippen LogP contribution in [0.1, 0.15) is 55.8 Å². The number of carbonyl (C=O) groups is 2. The maximum Gasteiger partial charge on any atom is 0.255 e. The quantitative estimate of drug-likeness (QED) is 0.771. The number of ether oxygens (including phenoxy) is 2. The van der Waals surface area contributed by atoms with Gasteiger partial charge in [0.2, 0.25) is 0 Å². The zero-order valence-corrected chi connectivity index (χ0v) is 17.8. The third-order valence-electron chi connectivity index (χ3n) is 6.07. The Morgan fingerprint density at radius 3 is 2.58 bits per heavy atom. The lowest BCUT2D eigenvalue weighted by Crippen LogP contribution is -2.39. The molecule has 1 fully saturated rings. The Bertz CT molecular complexity index is 1020. The highest BCUT2D eigenvalue weighted by atomic mass is 19.1. The number of nitrogens with one attached hydrogen (secondary N) is 2. The van der Waals surface area contributed by atoms with E-state index in [9.17, 15) is 14.0 Å². The van der Waals surface area contributed by atoms with Gasteiger partial charge in [0.25, 0.3) is 11.8 Å².